The lowest BCUT2D eigenvalue weighted by Crippen LogP contribution is -2.43. The maximum absolute atomic E-state index is 6.26. The molecule has 0 bridgehead atoms. The standard InChI is InChI=1S/C15H32N2/c1-12(2)9-17(10-13(3)4)11-14-7-5-6-8-15(14)16/h12-15H,5-11,16H2,1-4H3. The van der Waals surface area contributed by atoms with E-state index in [0.29, 0.717) is 6.04 Å². The Morgan fingerprint density at radius 3 is 2.00 bits per heavy atom. The van der Waals surface area contributed by atoms with E-state index >= 15 is 0 Å². The molecule has 102 valence electrons. The third kappa shape index (κ3) is 5.87. The zero-order valence-corrected chi connectivity index (χ0v) is 12.3. The van der Waals surface area contributed by atoms with Crippen molar-refractivity contribution >= 4 is 0 Å². The van der Waals surface area contributed by atoms with Crippen LogP contribution in [0.3, 0.4) is 0 Å². The van der Waals surface area contributed by atoms with E-state index < -0.39 is 0 Å². The van der Waals surface area contributed by atoms with Crippen LogP contribution < -0.4 is 5.73 Å². The lowest BCUT2D eigenvalue weighted by atomic mass is 9.84. The molecule has 0 aliphatic heterocycles. The highest BCUT2D eigenvalue weighted by Gasteiger charge is 2.24. The normalized spacial score (nSPS) is 26.1. The zero-order chi connectivity index (χ0) is 12.8. The molecule has 1 fully saturated rings. The first kappa shape index (κ1) is 15.0. The quantitative estimate of drug-likeness (QED) is 0.773. The van der Waals surface area contributed by atoms with Crippen LogP contribution in [0.2, 0.25) is 0 Å². The predicted molar refractivity (Wildman–Crippen MR) is 76.0 cm³/mol. The molecule has 1 saturated carbocycles. The SMILES string of the molecule is CC(C)CN(CC(C)C)CC1CCCCC1N. The molecular formula is C15H32N2. The van der Waals surface area contributed by atoms with Crippen molar-refractivity contribution in [3.05, 3.63) is 0 Å². The third-order valence-corrected chi connectivity index (χ3v) is 3.71. The molecule has 0 saturated heterocycles. The molecule has 2 N–H and O–H groups in total. The monoisotopic (exact) mass is 240 g/mol. The maximum Gasteiger partial charge on any atom is 0.00793 e. The molecule has 2 heteroatoms. The van der Waals surface area contributed by atoms with E-state index in [1.807, 2.05) is 0 Å². The molecule has 2 nitrogen and oxygen atoms in total. The maximum atomic E-state index is 6.26. The van der Waals surface area contributed by atoms with Crippen molar-refractivity contribution in [1.82, 2.24) is 4.90 Å². The number of rotatable bonds is 6. The molecule has 1 aliphatic rings. The Morgan fingerprint density at radius 2 is 1.53 bits per heavy atom. The molecule has 0 heterocycles. The van der Waals surface area contributed by atoms with Gasteiger partial charge in [0.2, 0.25) is 0 Å². The van der Waals surface area contributed by atoms with Crippen LogP contribution >= 0.6 is 0 Å². The number of hydrogen-bond donors (Lipinski definition) is 1. The molecule has 1 aliphatic carbocycles. The van der Waals surface area contributed by atoms with Crippen molar-refractivity contribution in [1.29, 1.82) is 0 Å². The van der Waals surface area contributed by atoms with E-state index in [-0.39, 0.29) is 0 Å². The highest BCUT2D eigenvalue weighted by Crippen LogP contribution is 2.24. The Labute approximate surface area is 108 Å². The average Bonchev–Trinajstić information content (AvgIpc) is 2.19. The van der Waals surface area contributed by atoms with Crippen LogP contribution in [0.1, 0.15) is 53.4 Å². The summed E-state index contributed by atoms with van der Waals surface area (Å²) in [6, 6.07) is 0.450. The summed E-state index contributed by atoms with van der Waals surface area (Å²) in [6.07, 6.45) is 5.30. The summed E-state index contributed by atoms with van der Waals surface area (Å²) in [5.74, 6) is 2.25. The molecule has 0 spiro atoms. The lowest BCUT2D eigenvalue weighted by molar-refractivity contribution is 0.156. The zero-order valence-electron chi connectivity index (χ0n) is 12.3. The van der Waals surface area contributed by atoms with Gasteiger partial charge in [-0.2, -0.15) is 0 Å². The Balaban J connectivity index is 2.45. The van der Waals surface area contributed by atoms with Crippen molar-refractivity contribution in [2.45, 2.75) is 59.4 Å². The summed E-state index contributed by atoms with van der Waals surface area (Å²) >= 11 is 0. The van der Waals surface area contributed by atoms with Gasteiger partial charge in [-0.25, -0.2) is 0 Å². The fraction of sp³-hybridized carbons (Fsp3) is 1.00. The van der Waals surface area contributed by atoms with Crippen molar-refractivity contribution in [2.75, 3.05) is 19.6 Å². The molecule has 2 atom stereocenters. The number of hydrogen-bond acceptors (Lipinski definition) is 2. The van der Waals surface area contributed by atoms with Crippen LogP contribution in [-0.4, -0.2) is 30.6 Å². The minimum Gasteiger partial charge on any atom is -0.327 e. The Hall–Kier alpha value is -0.0800. The summed E-state index contributed by atoms with van der Waals surface area (Å²) in [5.41, 5.74) is 6.26. The molecule has 0 radical (unpaired) electrons. The topological polar surface area (TPSA) is 29.3 Å². The van der Waals surface area contributed by atoms with Gasteiger partial charge in [0, 0.05) is 25.7 Å². The Kier molecular flexibility index (Phi) is 6.50. The van der Waals surface area contributed by atoms with Gasteiger partial charge in [-0.05, 0) is 30.6 Å². The van der Waals surface area contributed by atoms with Gasteiger partial charge in [0.1, 0.15) is 0 Å². The molecule has 0 aromatic rings. The van der Waals surface area contributed by atoms with Crippen molar-refractivity contribution in [3.8, 4) is 0 Å². The molecule has 0 aromatic heterocycles. The Morgan fingerprint density at radius 1 is 1.00 bits per heavy atom. The summed E-state index contributed by atoms with van der Waals surface area (Å²) < 4.78 is 0. The summed E-state index contributed by atoms with van der Waals surface area (Å²) in [5, 5.41) is 0. The van der Waals surface area contributed by atoms with Crippen LogP contribution in [0, 0.1) is 17.8 Å². The second-order valence-electron chi connectivity index (χ2n) is 6.71. The summed E-state index contributed by atoms with van der Waals surface area (Å²) in [6.45, 7) is 12.9. The Bertz CT molecular complexity index is 191. The van der Waals surface area contributed by atoms with Crippen molar-refractivity contribution in [3.63, 3.8) is 0 Å². The van der Waals surface area contributed by atoms with Gasteiger partial charge in [-0.3, -0.25) is 0 Å². The fourth-order valence-electron chi connectivity index (χ4n) is 3.05. The van der Waals surface area contributed by atoms with Crippen LogP contribution in [0.5, 0.6) is 0 Å². The van der Waals surface area contributed by atoms with Gasteiger partial charge in [0.25, 0.3) is 0 Å². The summed E-state index contributed by atoms with van der Waals surface area (Å²) in [4.78, 5) is 2.64. The third-order valence-electron chi connectivity index (χ3n) is 3.71. The smallest absolute Gasteiger partial charge is 0.00793 e. The first-order valence-electron chi connectivity index (χ1n) is 7.47. The second kappa shape index (κ2) is 7.38. The van der Waals surface area contributed by atoms with E-state index in [1.54, 1.807) is 0 Å². The first-order chi connectivity index (χ1) is 7.99. The highest BCUT2D eigenvalue weighted by atomic mass is 15.1. The second-order valence-corrected chi connectivity index (χ2v) is 6.71. The van der Waals surface area contributed by atoms with Crippen molar-refractivity contribution in [2.24, 2.45) is 23.5 Å². The molecule has 2 unspecified atom stereocenters. The van der Waals surface area contributed by atoms with E-state index in [1.165, 1.54) is 45.3 Å². The molecule has 17 heavy (non-hydrogen) atoms. The van der Waals surface area contributed by atoms with Gasteiger partial charge in [0.15, 0.2) is 0 Å². The summed E-state index contributed by atoms with van der Waals surface area (Å²) in [7, 11) is 0. The largest absolute Gasteiger partial charge is 0.327 e. The van der Waals surface area contributed by atoms with Crippen LogP contribution in [0.15, 0.2) is 0 Å². The van der Waals surface area contributed by atoms with Crippen molar-refractivity contribution < 1.29 is 0 Å². The fourth-order valence-corrected chi connectivity index (χ4v) is 3.05. The number of nitrogens with zero attached hydrogens (tertiary/aromatic N) is 1. The van der Waals surface area contributed by atoms with Gasteiger partial charge < -0.3 is 10.6 Å². The van der Waals surface area contributed by atoms with Gasteiger partial charge in [0.05, 0.1) is 0 Å². The van der Waals surface area contributed by atoms with Gasteiger partial charge >= 0.3 is 0 Å². The van der Waals surface area contributed by atoms with E-state index in [2.05, 4.69) is 32.6 Å². The number of nitrogens with two attached hydrogens (primary N) is 1. The van der Waals surface area contributed by atoms with E-state index in [9.17, 15) is 0 Å². The van der Waals surface area contributed by atoms with Crippen LogP contribution in [0.25, 0.3) is 0 Å². The molecular weight excluding hydrogens is 208 g/mol. The van der Waals surface area contributed by atoms with Crippen LogP contribution in [-0.2, 0) is 0 Å². The minimum absolute atomic E-state index is 0.450. The van der Waals surface area contributed by atoms with E-state index in [4.69, 9.17) is 5.73 Å². The molecule has 0 amide bonds. The highest BCUT2D eigenvalue weighted by molar-refractivity contribution is 4.81. The lowest BCUT2D eigenvalue weighted by Gasteiger charge is -2.35. The first-order valence-corrected chi connectivity index (χ1v) is 7.47. The van der Waals surface area contributed by atoms with Gasteiger partial charge in [-0.1, -0.05) is 40.5 Å². The van der Waals surface area contributed by atoms with E-state index in [0.717, 1.165) is 17.8 Å². The predicted octanol–water partition coefficient (Wildman–Crippen LogP) is 3.12. The molecule has 1 rings (SSSR count). The minimum atomic E-state index is 0.450. The van der Waals surface area contributed by atoms with Crippen LogP contribution in [0.4, 0.5) is 0 Å². The van der Waals surface area contributed by atoms with Gasteiger partial charge in [-0.15, -0.1) is 0 Å². The molecule has 0 aromatic carbocycles. The average molecular weight is 240 g/mol.